The number of rotatable bonds is 6. The number of carbonyl (C=O) groups is 1. The molecule has 0 fully saturated rings. The van der Waals surface area contributed by atoms with Crippen molar-refractivity contribution in [1.29, 1.82) is 0 Å². The first-order valence-corrected chi connectivity index (χ1v) is 9.58. The molecule has 0 saturated heterocycles. The van der Waals surface area contributed by atoms with Crippen LogP contribution in [0.3, 0.4) is 0 Å². The molecule has 0 aliphatic carbocycles. The number of halogens is 1. The molecule has 0 unspecified atom stereocenters. The van der Waals surface area contributed by atoms with Crippen molar-refractivity contribution < 1.29 is 13.6 Å². The van der Waals surface area contributed by atoms with Crippen molar-refractivity contribution in [2.45, 2.75) is 51.6 Å². The lowest BCUT2D eigenvalue weighted by Crippen LogP contribution is -2.25. The molecule has 7 nitrogen and oxygen atoms in total. The number of nitrogens with zero attached hydrogens (tertiary/aromatic N) is 4. The van der Waals surface area contributed by atoms with Gasteiger partial charge >= 0.3 is 0 Å². The van der Waals surface area contributed by atoms with Gasteiger partial charge in [0.1, 0.15) is 11.6 Å². The van der Waals surface area contributed by atoms with Gasteiger partial charge in [-0.3, -0.25) is 4.79 Å². The summed E-state index contributed by atoms with van der Waals surface area (Å²) in [5.74, 6) is 2.09. The summed E-state index contributed by atoms with van der Waals surface area (Å²) in [6.07, 6.45) is 6.44. The second-order valence-electron chi connectivity index (χ2n) is 6.87. The summed E-state index contributed by atoms with van der Waals surface area (Å²) in [5, 5.41) is 11.3. The third-order valence-electron chi connectivity index (χ3n) is 4.89. The van der Waals surface area contributed by atoms with Crippen molar-refractivity contribution in [3.8, 4) is 11.3 Å². The zero-order valence-corrected chi connectivity index (χ0v) is 15.5. The molecule has 3 aromatic rings. The van der Waals surface area contributed by atoms with Crippen LogP contribution in [0.5, 0.6) is 0 Å². The van der Waals surface area contributed by atoms with E-state index in [-0.39, 0.29) is 18.1 Å². The number of carbonyl (C=O) groups excluding carboxylic acids is 1. The number of fused-ring (bicyclic) bond motifs is 1. The predicted octanol–water partition coefficient (Wildman–Crippen LogP) is 3.05. The summed E-state index contributed by atoms with van der Waals surface area (Å²) in [7, 11) is 0. The van der Waals surface area contributed by atoms with Crippen molar-refractivity contribution in [3.63, 3.8) is 0 Å². The molecule has 1 aliphatic rings. The van der Waals surface area contributed by atoms with Crippen molar-refractivity contribution in [2.24, 2.45) is 0 Å². The minimum atomic E-state index is -0.365. The molecular formula is C20H22FN5O2. The molecule has 8 heteroatoms. The topological polar surface area (TPSA) is 85.8 Å². The minimum Gasteiger partial charge on any atom is -0.441 e. The Morgan fingerprint density at radius 1 is 1.21 bits per heavy atom. The number of benzene rings is 1. The summed E-state index contributed by atoms with van der Waals surface area (Å²) in [6.45, 7) is 1.26. The van der Waals surface area contributed by atoms with E-state index in [0.717, 1.165) is 37.5 Å². The third kappa shape index (κ3) is 4.11. The largest absolute Gasteiger partial charge is 0.441 e. The van der Waals surface area contributed by atoms with Gasteiger partial charge in [-0.15, -0.1) is 10.2 Å². The molecule has 1 aromatic carbocycles. The summed E-state index contributed by atoms with van der Waals surface area (Å²) in [6, 6.07) is 6.36. The highest BCUT2D eigenvalue weighted by molar-refractivity contribution is 5.75. The fraction of sp³-hybridized carbons (Fsp3) is 0.400. The number of hydrogen-bond acceptors (Lipinski definition) is 5. The van der Waals surface area contributed by atoms with Gasteiger partial charge < -0.3 is 14.3 Å². The van der Waals surface area contributed by atoms with E-state index >= 15 is 0 Å². The normalized spacial score (nSPS) is 13.8. The van der Waals surface area contributed by atoms with Gasteiger partial charge in [-0.2, -0.15) is 0 Å². The fourth-order valence-corrected chi connectivity index (χ4v) is 3.37. The van der Waals surface area contributed by atoms with Crippen LogP contribution in [0.15, 0.2) is 34.9 Å². The van der Waals surface area contributed by atoms with E-state index in [1.54, 1.807) is 18.2 Å². The van der Waals surface area contributed by atoms with E-state index in [1.807, 2.05) is 0 Å². The summed E-state index contributed by atoms with van der Waals surface area (Å²) in [4.78, 5) is 16.3. The monoisotopic (exact) mass is 383 g/mol. The van der Waals surface area contributed by atoms with Crippen molar-refractivity contribution >= 4 is 5.91 Å². The van der Waals surface area contributed by atoms with Crippen molar-refractivity contribution in [3.05, 3.63) is 53.8 Å². The van der Waals surface area contributed by atoms with E-state index in [2.05, 4.69) is 25.1 Å². The maximum absolute atomic E-state index is 13.8. The van der Waals surface area contributed by atoms with Crippen molar-refractivity contribution in [1.82, 2.24) is 25.1 Å². The molecule has 0 spiro atoms. The van der Waals surface area contributed by atoms with Crippen LogP contribution in [-0.2, 0) is 30.7 Å². The Bertz CT molecular complexity index is 965. The van der Waals surface area contributed by atoms with Crippen LogP contribution in [-0.4, -0.2) is 25.7 Å². The highest BCUT2D eigenvalue weighted by atomic mass is 19.1. The Kier molecular flexibility index (Phi) is 5.45. The highest BCUT2D eigenvalue weighted by Crippen LogP contribution is 2.23. The average molecular weight is 383 g/mol. The quantitative estimate of drug-likeness (QED) is 0.707. The lowest BCUT2D eigenvalue weighted by Gasteiger charge is -2.08. The van der Waals surface area contributed by atoms with Crippen LogP contribution in [0.1, 0.15) is 43.2 Å². The lowest BCUT2D eigenvalue weighted by atomic mass is 10.2. The van der Waals surface area contributed by atoms with Gasteiger partial charge in [-0.05, 0) is 25.0 Å². The Balaban J connectivity index is 1.30. The van der Waals surface area contributed by atoms with E-state index in [1.165, 1.54) is 18.7 Å². The summed E-state index contributed by atoms with van der Waals surface area (Å²) >= 11 is 0. The van der Waals surface area contributed by atoms with E-state index < -0.39 is 0 Å². The molecule has 1 aliphatic heterocycles. The molecule has 146 valence electrons. The number of nitrogens with one attached hydrogen (secondary N) is 1. The second-order valence-corrected chi connectivity index (χ2v) is 6.87. The van der Waals surface area contributed by atoms with Crippen LogP contribution >= 0.6 is 0 Å². The molecule has 0 saturated carbocycles. The van der Waals surface area contributed by atoms with Gasteiger partial charge in [0, 0.05) is 25.8 Å². The Labute approximate surface area is 162 Å². The number of aromatic nitrogens is 4. The number of aryl methyl sites for hydroxylation is 2. The van der Waals surface area contributed by atoms with Crippen LogP contribution in [0.4, 0.5) is 4.39 Å². The summed E-state index contributed by atoms with van der Waals surface area (Å²) < 4.78 is 21.5. The number of hydrogen-bond donors (Lipinski definition) is 1. The molecular weight excluding hydrogens is 361 g/mol. The first-order valence-electron chi connectivity index (χ1n) is 9.58. The molecule has 0 bridgehead atoms. The molecule has 0 radical (unpaired) electrons. The van der Waals surface area contributed by atoms with Gasteiger partial charge in [0.05, 0.1) is 18.3 Å². The van der Waals surface area contributed by atoms with Gasteiger partial charge in [0.15, 0.2) is 17.5 Å². The van der Waals surface area contributed by atoms with Gasteiger partial charge in [0.25, 0.3) is 0 Å². The SMILES string of the molecule is O=C(CCc1ncc(-c2ccccc2F)o1)NCc1nnc2n1CCCCC2. The fourth-order valence-electron chi connectivity index (χ4n) is 3.37. The van der Waals surface area contributed by atoms with Crippen LogP contribution < -0.4 is 5.32 Å². The Morgan fingerprint density at radius 3 is 3.00 bits per heavy atom. The maximum Gasteiger partial charge on any atom is 0.220 e. The van der Waals surface area contributed by atoms with Crippen LogP contribution in [0.25, 0.3) is 11.3 Å². The smallest absolute Gasteiger partial charge is 0.220 e. The zero-order chi connectivity index (χ0) is 19.3. The van der Waals surface area contributed by atoms with E-state index in [0.29, 0.717) is 30.2 Å². The maximum atomic E-state index is 13.8. The molecule has 0 atom stereocenters. The summed E-state index contributed by atoms with van der Waals surface area (Å²) in [5.41, 5.74) is 0.359. The van der Waals surface area contributed by atoms with Gasteiger partial charge in [-0.1, -0.05) is 18.6 Å². The highest BCUT2D eigenvalue weighted by Gasteiger charge is 2.16. The van der Waals surface area contributed by atoms with Gasteiger partial charge in [0.2, 0.25) is 5.91 Å². The van der Waals surface area contributed by atoms with Crippen LogP contribution in [0, 0.1) is 5.82 Å². The third-order valence-corrected chi connectivity index (χ3v) is 4.89. The second kappa shape index (κ2) is 8.33. The van der Waals surface area contributed by atoms with E-state index in [9.17, 15) is 9.18 Å². The molecule has 1 amide bonds. The minimum absolute atomic E-state index is 0.114. The van der Waals surface area contributed by atoms with Crippen LogP contribution in [0.2, 0.25) is 0 Å². The van der Waals surface area contributed by atoms with E-state index in [4.69, 9.17) is 4.42 Å². The first-order chi connectivity index (χ1) is 13.7. The molecule has 28 heavy (non-hydrogen) atoms. The predicted molar refractivity (Wildman–Crippen MR) is 99.6 cm³/mol. The zero-order valence-electron chi connectivity index (χ0n) is 15.5. The molecule has 1 N–H and O–H groups in total. The molecule has 3 heterocycles. The van der Waals surface area contributed by atoms with Crippen molar-refractivity contribution in [2.75, 3.05) is 0 Å². The Morgan fingerprint density at radius 2 is 2.11 bits per heavy atom. The lowest BCUT2D eigenvalue weighted by molar-refractivity contribution is -0.121. The number of oxazole rings is 1. The Hall–Kier alpha value is -3.03. The molecule has 2 aromatic heterocycles. The average Bonchev–Trinajstić information content (AvgIpc) is 3.26. The first kappa shape index (κ1) is 18.3. The number of amides is 1. The standard InChI is InChI=1S/C20H22FN5O2/c21-15-7-4-3-6-14(15)16-12-23-20(28-16)10-9-19(27)22-13-18-25-24-17-8-2-1-5-11-26(17)18/h3-4,6-7,12H,1-2,5,8-11,13H2,(H,22,27). The van der Waals surface area contributed by atoms with Gasteiger partial charge in [-0.25, -0.2) is 9.37 Å². The molecule has 4 rings (SSSR count).